The van der Waals surface area contributed by atoms with Gasteiger partial charge in [-0.25, -0.2) is 0 Å². The molecule has 0 aliphatic rings. The molecule has 0 aliphatic heterocycles. The molecule has 0 atom stereocenters. The van der Waals surface area contributed by atoms with Crippen LogP contribution in [0.4, 0.5) is 0 Å². The molecule has 0 saturated heterocycles. The monoisotopic (exact) mass is 327 g/mol. The van der Waals surface area contributed by atoms with Gasteiger partial charge in [0.05, 0.1) is 0 Å². The molecular weight excluding hydrogens is 311 g/mol. The summed E-state index contributed by atoms with van der Waals surface area (Å²) in [6, 6.07) is 4.55. The first-order valence-corrected chi connectivity index (χ1v) is 7.43. The molecule has 86 valence electrons. The van der Waals surface area contributed by atoms with Crippen molar-refractivity contribution in [3.8, 4) is 0 Å². The Labute approximate surface area is 107 Å². The number of aromatic nitrogens is 2. The van der Waals surface area contributed by atoms with E-state index in [0.29, 0.717) is 0 Å². The van der Waals surface area contributed by atoms with Gasteiger partial charge in [-0.3, -0.25) is 0 Å². The van der Waals surface area contributed by atoms with Crippen LogP contribution in [-0.2, 0) is 7.05 Å². The quantitative estimate of drug-likeness (QED) is 0.679. The SMILES string of the molecule is Cc1cc(C)c([I-]c2cnn(C)c2)c(C)c1. The van der Waals surface area contributed by atoms with E-state index in [9.17, 15) is 0 Å². The van der Waals surface area contributed by atoms with Crippen molar-refractivity contribution in [2.24, 2.45) is 7.05 Å². The van der Waals surface area contributed by atoms with Gasteiger partial charge in [0.1, 0.15) is 0 Å². The molecule has 2 nitrogen and oxygen atoms in total. The Hall–Kier alpha value is -0.840. The first-order chi connectivity index (χ1) is 7.56. The zero-order valence-electron chi connectivity index (χ0n) is 10.1. The van der Waals surface area contributed by atoms with Crippen LogP contribution in [0.1, 0.15) is 16.7 Å². The third kappa shape index (κ3) is 2.45. The first-order valence-electron chi connectivity index (χ1n) is 5.27. The fourth-order valence-electron chi connectivity index (χ4n) is 1.86. The summed E-state index contributed by atoms with van der Waals surface area (Å²) >= 11 is -0.0900. The van der Waals surface area contributed by atoms with Crippen molar-refractivity contribution in [1.29, 1.82) is 0 Å². The summed E-state index contributed by atoms with van der Waals surface area (Å²) in [6.45, 7) is 6.59. The Bertz CT molecular complexity index is 491. The molecule has 3 heteroatoms. The Morgan fingerprint density at radius 2 is 1.75 bits per heavy atom. The van der Waals surface area contributed by atoms with E-state index in [2.05, 4.69) is 44.2 Å². The number of hydrogen-bond acceptors (Lipinski definition) is 1. The van der Waals surface area contributed by atoms with Crippen LogP contribution in [0.5, 0.6) is 0 Å². The van der Waals surface area contributed by atoms with Gasteiger partial charge in [-0.2, -0.15) is 0 Å². The summed E-state index contributed by atoms with van der Waals surface area (Å²) in [5.41, 5.74) is 4.21. The molecule has 0 aliphatic carbocycles. The van der Waals surface area contributed by atoms with Gasteiger partial charge in [0, 0.05) is 0 Å². The van der Waals surface area contributed by atoms with Gasteiger partial charge in [0.15, 0.2) is 0 Å². The van der Waals surface area contributed by atoms with Crippen molar-refractivity contribution < 1.29 is 21.2 Å². The van der Waals surface area contributed by atoms with E-state index in [0.717, 1.165) is 0 Å². The van der Waals surface area contributed by atoms with Gasteiger partial charge in [-0.1, -0.05) is 0 Å². The van der Waals surface area contributed by atoms with Crippen molar-refractivity contribution >= 4 is 0 Å². The molecule has 0 unspecified atom stereocenters. The van der Waals surface area contributed by atoms with Crippen molar-refractivity contribution in [2.75, 3.05) is 0 Å². The average molecular weight is 327 g/mol. The molecule has 16 heavy (non-hydrogen) atoms. The van der Waals surface area contributed by atoms with Gasteiger partial charge in [-0.15, -0.1) is 0 Å². The Kier molecular flexibility index (Phi) is 3.33. The fourth-order valence-corrected chi connectivity index (χ4v) is 4.45. The Morgan fingerprint density at radius 1 is 1.12 bits per heavy atom. The molecule has 1 aromatic heterocycles. The first kappa shape index (κ1) is 11.6. The number of nitrogens with zero attached hydrogens (tertiary/aromatic N) is 2. The molecular formula is C13H16IN2-. The van der Waals surface area contributed by atoms with Crippen LogP contribution in [0.2, 0.25) is 0 Å². The maximum atomic E-state index is 4.23. The number of hydrogen-bond donors (Lipinski definition) is 0. The molecule has 0 saturated carbocycles. The fraction of sp³-hybridized carbons (Fsp3) is 0.308. The third-order valence-electron chi connectivity index (χ3n) is 2.46. The second-order valence-corrected chi connectivity index (χ2v) is 7.00. The Balaban J connectivity index is 2.34. The zero-order valence-corrected chi connectivity index (χ0v) is 12.2. The predicted octanol–water partition coefficient (Wildman–Crippen LogP) is -0.526. The van der Waals surface area contributed by atoms with E-state index in [1.807, 2.05) is 17.9 Å². The zero-order chi connectivity index (χ0) is 11.7. The van der Waals surface area contributed by atoms with E-state index in [4.69, 9.17) is 0 Å². The number of aryl methyl sites for hydroxylation is 4. The Morgan fingerprint density at radius 3 is 2.25 bits per heavy atom. The predicted molar refractivity (Wildman–Crippen MR) is 61.3 cm³/mol. The summed E-state index contributed by atoms with van der Waals surface area (Å²) in [5.74, 6) is 0. The van der Waals surface area contributed by atoms with Gasteiger partial charge in [0.2, 0.25) is 0 Å². The van der Waals surface area contributed by atoms with Gasteiger partial charge >= 0.3 is 107 Å². The number of benzene rings is 1. The van der Waals surface area contributed by atoms with E-state index in [1.165, 1.54) is 23.8 Å². The summed E-state index contributed by atoms with van der Waals surface area (Å²) in [7, 11) is 1.97. The minimum absolute atomic E-state index is 0.0900. The van der Waals surface area contributed by atoms with Crippen LogP contribution >= 0.6 is 0 Å². The molecule has 0 bridgehead atoms. The van der Waals surface area contributed by atoms with E-state index < -0.39 is 0 Å². The van der Waals surface area contributed by atoms with E-state index in [1.54, 1.807) is 0 Å². The summed E-state index contributed by atoms with van der Waals surface area (Å²) in [6.07, 6.45) is 4.12. The van der Waals surface area contributed by atoms with Gasteiger partial charge in [0.25, 0.3) is 0 Å². The van der Waals surface area contributed by atoms with Crippen LogP contribution in [0, 0.1) is 27.9 Å². The normalized spacial score (nSPS) is 11.0. The topological polar surface area (TPSA) is 17.8 Å². The summed E-state index contributed by atoms with van der Waals surface area (Å²) in [5, 5.41) is 4.23. The molecule has 0 radical (unpaired) electrons. The van der Waals surface area contributed by atoms with E-state index in [-0.39, 0.29) is 21.2 Å². The third-order valence-corrected chi connectivity index (χ3v) is 5.88. The van der Waals surface area contributed by atoms with Crippen LogP contribution in [0.15, 0.2) is 24.5 Å². The molecule has 2 aromatic rings. The minimum atomic E-state index is -0.0900. The van der Waals surface area contributed by atoms with Gasteiger partial charge < -0.3 is 0 Å². The van der Waals surface area contributed by atoms with Crippen molar-refractivity contribution in [2.45, 2.75) is 20.8 Å². The summed E-state index contributed by atoms with van der Waals surface area (Å²) < 4.78 is 4.81. The average Bonchev–Trinajstić information content (AvgIpc) is 2.58. The van der Waals surface area contributed by atoms with Crippen LogP contribution in [0.3, 0.4) is 0 Å². The van der Waals surface area contributed by atoms with Crippen LogP contribution < -0.4 is 21.2 Å². The van der Waals surface area contributed by atoms with Crippen LogP contribution in [-0.4, -0.2) is 9.78 Å². The van der Waals surface area contributed by atoms with Crippen molar-refractivity contribution in [3.63, 3.8) is 0 Å². The molecule has 0 spiro atoms. The number of halogens is 1. The number of rotatable bonds is 2. The molecule has 2 rings (SSSR count). The second kappa shape index (κ2) is 4.57. The molecule has 1 aromatic carbocycles. The standard InChI is InChI=1S/C13H16IN2/c1-9-5-10(2)13(11(3)6-9)14-12-7-15-16(4)8-12/h5-8H,1-4H3/q-1. The van der Waals surface area contributed by atoms with Crippen LogP contribution in [0.25, 0.3) is 0 Å². The van der Waals surface area contributed by atoms with E-state index >= 15 is 0 Å². The molecule has 0 amide bonds. The molecule has 1 heterocycles. The van der Waals surface area contributed by atoms with Gasteiger partial charge in [-0.05, 0) is 0 Å². The van der Waals surface area contributed by atoms with Crippen molar-refractivity contribution in [1.82, 2.24) is 9.78 Å². The maximum absolute atomic E-state index is 4.23. The summed E-state index contributed by atoms with van der Waals surface area (Å²) in [4.78, 5) is 0. The molecule has 0 N–H and O–H groups in total. The van der Waals surface area contributed by atoms with Crippen molar-refractivity contribution in [3.05, 3.63) is 48.4 Å². The second-order valence-electron chi connectivity index (χ2n) is 4.14. The molecule has 0 fully saturated rings.